The van der Waals surface area contributed by atoms with E-state index in [2.05, 4.69) is 4.98 Å². The summed E-state index contributed by atoms with van der Waals surface area (Å²) in [7, 11) is 0. The van der Waals surface area contributed by atoms with Gasteiger partial charge in [-0.2, -0.15) is 0 Å². The summed E-state index contributed by atoms with van der Waals surface area (Å²) in [5.74, 6) is -0.635. The molecule has 156 valence electrons. The molecule has 30 heavy (non-hydrogen) atoms. The number of aromatic nitrogens is 1. The van der Waals surface area contributed by atoms with E-state index in [9.17, 15) is 14.7 Å². The molecule has 0 spiro atoms. The van der Waals surface area contributed by atoms with E-state index in [-0.39, 0.29) is 17.4 Å². The van der Waals surface area contributed by atoms with Gasteiger partial charge in [-0.1, -0.05) is 19.3 Å². The Morgan fingerprint density at radius 3 is 2.37 bits per heavy atom. The number of ether oxygens (including phenoxy) is 1. The van der Waals surface area contributed by atoms with Gasteiger partial charge in [0.2, 0.25) is 0 Å². The standard InChI is InChI=1S/C24H26N2O4/c1-2-30-19-10-8-17(9-11-19)22(27)20-21(16-12-14-25-15-13-16)26(24(29)23(20)28)18-6-4-3-5-7-18/h8-15,18,21,27H,2-7H2,1H3/b22-20-. The van der Waals surface area contributed by atoms with Crippen LogP contribution in [0.25, 0.3) is 5.76 Å². The molecular formula is C24H26N2O4. The molecule has 1 N–H and O–H groups in total. The van der Waals surface area contributed by atoms with Crippen molar-refractivity contribution < 1.29 is 19.4 Å². The molecule has 1 atom stereocenters. The van der Waals surface area contributed by atoms with Gasteiger partial charge in [-0.15, -0.1) is 0 Å². The number of nitrogens with zero attached hydrogens (tertiary/aromatic N) is 2. The summed E-state index contributed by atoms with van der Waals surface area (Å²) < 4.78 is 5.46. The van der Waals surface area contributed by atoms with Crippen molar-refractivity contribution in [3.05, 3.63) is 65.5 Å². The van der Waals surface area contributed by atoms with Gasteiger partial charge in [-0.3, -0.25) is 14.6 Å². The van der Waals surface area contributed by atoms with Crippen molar-refractivity contribution in [1.29, 1.82) is 0 Å². The SMILES string of the molecule is CCOc1ccc(/C(O)=C2/C(=O)C(=O)N(C3CCCCC3)C2c2ccncc2)cc1. The number of ketones is 1. The van der Waals surface area contributed by atoms with Gasteiger partial charge in [-0.05, 0) is 61.7 Å². The molecule has 2 fully saturated rings. The summed E-state index contributed by atoms with van der Waals surface area (Å²) in [6.45, 7) is 2.44. The molecule has 0 radical (unpaired) electrons. The number of Topliss-reactive ketones (excluding diaryl/α,β-unsaturated/α-hetero) is 1. The van der Waals surface area contributed by atoms with E-state index in [4.69, 9.17) is 4.74 Å². The zero-order valence-corrected chi connectivity index (χ0v) is 17.1. The molecule has 1 aromatic heterocycles. The van der Waals surface area contributed by atoms with Gasteiger partial charge in [0.1, 0.15) is 11.5 Å². The Morgan fingerprint density at radius 2 is 1.73 bits per heavy atom. The molecule has 1 aliphatic carbocycles. The first kappa shape index (κ1) is 20.1. The number of likely N-dealkylation sites (tertiary alicyclic amines) is 1. The van der Waals surface area contributed by atoms with Crippen LogP contribution < -0.4 is 4.74 Å². The van der Waals surface area contributed by atoms with Crippen LogP contribution >= 0.6 is 0 Å². The summed E-state index contributed by atoms with van der Waals surface area (Å²) in [4.78, 5) is 31.9. The molecule has 1 aromatic carbocycles. The van der Waals surface area contributed by atoms with E-state index in [1.807, 2.05) is 6.92 Å². The lowest BCUT2D eigenvalue weighted by Crippen LogP contribution is -2.40. The third kappa shape index (κ3) is 3.70. The predicted octanol–water partition coefficient (Wildman–Crippen LogP) is 4.23. The van der Waals surface area contributed by atoms with Gasteiger partial charge in [0, 0.05) is 24.0 Å². The number of carbonyl (C=O) groups excluding carboxylic acids is 2. The van der Waals surface area contributed by atoms with Crippen LogP contribution in [0.1, 0.15) is 56.2 Å². The maximum Gasteiger partial charge on any atom is 0.295 e. The Labute approximate surface area is 176 Å². The first-order valence-corrected chi connectivity index (χ1v) is 10.5. The van der Waals surface area contributed by atoms with Gasteiger partial charge in [0.25, 0.3) is 11.7 Å². The molecular weight excluding hydrogens is 380 g/mol. The molecule has 6 nitrogen and oxygen atoms in total. The number of aliphatic hydroxyl groups excluding tert-OH is 1. The fourth-order valence-corrected chi connectivity index (χ4v) is 4.49. The highest BCUT2D eigenvalue weighted by Crippen LogP contribution is 2.42. The molecule has 1 saturated carbocycles. The number of amides is 1. The van der Waals surface area contributed by atoms with Crippen molar-refractivity contribution in [1.82, 2.24) is 9.88 Å². The van der Waals surface area contributed by atoms with E-state index in [0.29, 0.717) is 17.9 Å². The fraction of sp³-hybridized carbons (Fsp3) is 0.375. The number of carbonyl (C=O) groups is 2. The number of rotatable bonds is 5. The molecule has 1 aliphatic heterocycles. The van der Waals surface area contributed by atoms with E-state index < -0.39 is 17.7 Å². The van der Waals surface area contributed by atoms with Crippen LogP contribution in [-0.2, 0) is 9.59 Å². The van der Waals surface area contributed by atoms with Crippen LogP contribution in [0, 0.1) is 0 Å². The normalized spacial score (nSPS) is 21.8. The largest absolute Gasteiger partial charge is 0.507 e. The summed E-state index contributed by atoms with van der Waals surface area (Å²) >= 11 is 0. The number of hydrogen-bond donors (Lipinski definition) is 1. The third-order valence-corrected chi connectivity index (χ3v) is 5.91. The third-order valence-electron chi connectivity index (χ3n) is 5.91. The molecule has 4 rings (SSSR count). The molecule has 2 aliphatic rings. The van der Waals surface area contributed by atoms with Gasteiger partial charge in [0.15, 0.2) is 0 Å². The number of pyridine rings is 1. The van der Waals surface area contributed by atoms with Gasteiger partial charge in [0.05, 0.1) is 18.2 Å². The van der Waals surface area contributed by atoms with Crippen LogP contribution in [-0.4, -0.2) is 39.3 Å². The zero-order valence-electron chi connectivity index (χ0n) is 17.1. The monoisotopic (exact) mass is 406 g/mol. The Kier molecular flexibility index (Phi) is 5.84. The summed E-state index contributed by atoms with van der Waals surface area (Å²) in [6.07, 6.45) is 8.26. The molecule has 6 heteroatoms. The molecule has 2 heterocycles. The van der Waals surface area contributed by atoms with Crippen LogP contribution in [0.2, 0.25) is 0 Å². The maximum absolute atomic E-state index is 13.1. The quantitative estimate of drug-likeness (QED) is 0.457. The van der Waals surface area contributed by atoms with E-state index in [1.165, 1.54) is 0 Å². The highest BCUT2D eigenvalue weighted by atomic mass is 16.5. The number of hydrogen-bond acceptors (Lipinski definition) is 5. The van der Waals surface area contributed by atoms with Crippen molar-refractivity contribution >= 4 is 17.4 Å². The van der Waals surface area contributed by atoms with E-state index >= 15 is 0 Å². The Balaban J connectivity index is 1.80. The average molecular weight is 406 g/mol. The van der Waals surface area contributed by atoms with E-state index in [0.717, 1.165) is 37.7 Å². The van der Waals surface area contributed by atoms with Gasteiger partial charge < -0.3 is 14.7 Å². The highest BCUT2D eigenvalue weighted by Gasteiger charge is 2.48. The van der Waals surface area contributed by atoms with Crippen molar-refractivity contribution in [2.45, 2.75) is 51.1 Å². The van der Waals surface area contributed by atoms with Crippen molar-refractivity contribution in [3.8, 4) is 5.75 Å². The zero-order chi connectivity index (χ0) is 21.1. The lowest BCUT2D eigenvalue weighted by atomic mass is 9.91. The van der Waals surface area contributed by atoms with Crippen molar-refractivity contribution in [2.75, 3.05) is 6.61 Å². The second-order valence-corrected chi connectivity index (χ2v) is 7.74. The average Bonchev–Trinajstić information content (AvgIpc) is 3.06. The number of benzene rings is 1. The number of aliphatic hydroxyl groups is 1. The van der Waals surface area contributed by atoms with Crippen LogP contribution in [0.3, 0.4) is 0 Å². The first-order valence-electron chi connectivity index (χ1n) is 10.5. The van der Waals surface area contributed by atoms with Gasteiger partial charge in [-0.25, -0.2) is 0 Å². The molecule has 1 amide bonds. The van der Waals surface area contributed by atoms with Crippen molar-refractivity contribution in [3.63, 3.8) is 0 Å². The maximum atomic E-state index is 13.1. The minimum absolute atomic E-state index is 0.000930. The Morgan fingerprint density at radius 1 is 1.07 bits per heavy atom. The fourth-order valence-electron chi connectivity index (χ4n) is 4.49. The first-order chi connectivity index (χ1) is 14.6. The Bertz CT molecular complexity index is 947. The predicted molar refractivity (Wildman–Crippen MR) is 113 cm³/mol. The molecule has 1 unspecified atom stereocenters. The summed E-state index contributed by atoms with van der Waals surface area (Å²) in [6, 6.07) is 9.90. The lowest BCUT2D eigenvalue weighted by molar-refractivity contribution is -0.141. The Hall–Kier alpha value is -3.15. The second-order valence-electron chi connectivity index (χ2n) is 7.74. The topological polar surface area (TPSA) is 79.7 Å². The summed E-state index contributed by atoms with van der Waals surface area (Å²) in [5.41, 5.74) is 1.40. The van der Waals surface area contributed by atoms with Crippen LogP contribution in [0.4, 0.5) is 0 Å². The van der Waals surface area contributed by atoms with Crippen molar-refractivity contribution in [2.24, 2.45) is 0 Å². The van der Waals surface area contributed by atoms with Crippen LogP contribution in [0.15, 0.2) is 54.4 Å². The molecule has 2 aromatic rings. The van der Waals surface area contributed by atoms with E-state index in [1.54, 1.807) is 53.7 Å². The van der Waals surface area contributed by atoms with Crippen LogP contribution in [0.5, 0.6) is 5.75 Å². The molecule has 0 bridgehead atoms. The lowest BCUT2D eigenvalue weighted by Gasteiger charge is -2.35. The minimum atomic E-state index is -0.631. The summed E-state index contributed by atoms with van der Waals surface area (Å²) in [5, 5.41) is 11.1. The smallest absolute Gasteiger partial charge is 0.295 e. The molecule has 1 saturated heterocycles. The highest BCUT2D eigenvalue weighted by molar-refractivity contribution is 6.46. The van der Waals surface area contributed by atoms with Gasteiger partial charge >= 0.3 is 0 Å². The second kappa shape index (κ2) is 8.69. The minimum Gasteiger partial charge on any atom is -0.507 e.